The molecule has 4 aromatic rings. The van der Waals surface area contributed by atoms with Gasteiger partial charge in [-0.25, -0.2) is 14.5 Å². The third kappa shape index (κ3) is 5.89. The van der Waals surface area contributed by atoms with Crippen LogP contribution in [0.5, 0.6) is 0 Å². The average Bonchev–Trinajstić information content (AvgIpc) is 3.65. The number of piperazine rings is 1. The summed E-state index contributed by atoms with van der Waals surface area (Å²) in [6, 6.07) is 6.61. The second kappa shape index (κ2) is 12.2. The van der Waals surface area contributed by atoms with Crippen LogP contribution in [0, 0.1) is 17.2 Å². The quantitative estimate of drug-likeness (QED) is 0.371. The summed E-state index contributed by atoms with van der Waals surface area (Å²) in [6.45, 7) is 9.03. The minimum atomic E-state index is 0. The first-order valence-corrected chi connectivity index (χ1v) is 14.0. The number of nitriles is 1. The van der Waals surface area contributed by atoms with Crippen molar-refractivity contribution < 1.29 is 4.79 Å². The van der Waals surface area contributed by atoms with Crippen molar-refractivity contribution in [2.24, 2.45) is 5.92 Å². The summed E-state index contributed by atoms with van der Waals surface area (Å²) in [5.74, 6) is 1.45. The average molecular weight is 575 g/mol. The summed E-state index contributed by atoms with van der Waals surface area (Å²) in [5, 5.41) is 22.2. The number of nitrogens with one attached hydrogen (secondary N) is 1. The lowest BCUT2D eigenvalue weighted by molar-refractivity contribution is -0.132. The Hall–Kier alpha value is -4.01. The Labute approximate surface area is 245 Å². The van der Waals surface area contributed by atoms with E-state index in [9.17, 15) is 10.1 Å². The van der Waals surface area contributed by atoms with Crippen LogP contribution in [0.2, 0.25) is 0 Å². The highest BCUT2D eigenvalue weighted by molar-refractivity contribution is 5.85. The largest absolute Gasteiger partial charge is 0.353 e. The van der Waals surface area contributed by atoms with Gasteiger partial charge in [0.15, 0.2) is 0 Å². The van der Waals surface area contributed by atoms with Crippen molar-refractivity contribution in [3.05, 3.63) is 48.7 Å². The number of carbonyl (C=O) groups excluding carboxylic acids is 1. The fraction of sp³-hybridized carbons (Fsp3) is 0.448. The Morgan fingerprint density at radius 3 is 2.51 bits per heavy atom. The molecule has 2 saturated heterocycles. The lowest BCUT2D eigenvalue weighted by Gasteiger charge is -2.35. The number of aromatic nitrogens is 6. The van der Waals surface area contributed by atoms with Crippen LogP contribution < -0.4 is 10.2 Å². The number of rotatable bonds is 6. The van der Waals surface area contributed by atoms with Gasteiger partial charge in [0.25, 0.3) is 0 Å². The van der Waals surface area contributed by atoms with E-state index in [1.807, 2.05) is 40.3 Å². The molecule has 0 radical (unpaired) electrons. The molecule has 6 rings (SSSR count). The molecule has 41 heavy (non-hydrogen) atoms. The molecule has 6 heterocycles. The van der Waals surface area contributed by atoms with Crippen LogP contribution in [-0.4, -0.2) is 79.4 Å². The van der Waals surface area contributed by atoms with Gasteiger partial charge in [0, 0.05) is 56.1 Å². The Morgan fingerprint density at radius 1 is 1.05 bits per heavy atom. The van der Waals surface area contributed by atoms with Crippen molar-refractivity contribution in [2.75, 3.05) is 44.2 Å². The molecule has 4 aromatic heterocycles. The van der Waals surface area contributed by atoms with E-state index in [2.05, 4.69) is 46.5 Å². The number of piperidine rings is 1. The molecular formula is C29H35ClN10O. The molecule has 214 valence electrons. The smallest absolute Gasteiger partial charge is 0.222 e. The second-order valence-electron chi connectivity index (χ2n) is 11.0. The van der Waals surface area contributed by atoms with E-state index in [0.29, 0.717) is 48.2 Å². The molecule has 0 aliphatic carbocycles. The highest BCUT2D eigenvalue weighted by Crippen LogP contribution is 2.30. The van der Waals surface area contributed by atoms with Gasteiger partial charge in [-0.1, -0.05) is 13.8 Å². The van der Waals surface area contributed by atoms with Gasteiger partial charge >= 0.3 is 0 Å². The maximum absolute atomic E-state index is 12.4. The van der Waals surface area contributed by atoms with Crippen molar-refractivity contribution in [3.8, 4) is 28.6 Å². The number of pyridine rings is 1. The SMILES string of the molecule is CC(C)CC(=O)N1CCN(c2ccc(-c3nc(-c4cnn(C5CCNCC5)c4)cn4ncc(C#N)c34)cn2)CC1.Cl. The van der Waals surface area contributed by atoms with Crippen LogP contribution in [0.1, 0.15) is 44.7 Å². The van der Waals surface area contributed by atoms with Crippen LogP contribution in [0.3, 0.4) is 0 Å². The van der Waals surface area contributed by atoms with Gasteiger partial charge in [-0.15, -0.1) is 12.4 Å². The molecule has 0 atom stereocenters. The standard InChI is InChI=1S/C29H34N10O.ClH/c1-20(2)13-27(40)37-11-9-36(10-12-37)26-4-3-21(15-32-26)28-29-22(14-30)16-34-39(29)19-25(35-28)23-17-33-38(18-23)24-5-7-31-8-6-24;/h3-4,15-20,24,31H,5-13H2,1-2H3;1H. The third-order valence-electron chi connectivity index (χ3n) is 7.76. The van der Waals surface area contributed by atoms with E-state index in [1.54, 1.807) is 10.7 Å². The summed E-state index contributed by atoms with van der Waals surface area (Å²) in [5.41, 5.74) is 4.23. The molecule has 0 bridgehead atoms. The van der Waals surface area contributed by atoms with Gasteiger partial charge in [-0.3, -0.25) is 9.48 Å². The van der Waals surface area contributed by atoms with Crippen LogP contribution in [0.15, 0.2) is 43.1 Å². The number of anilines is 1. The van der Waals surface area contributed by atoms with Crippen molar-refractivity contribution >= 4 is 29.6 Å². The summed E-state index contributed by atoms with van der Waals surface area (Å²) < 4.78 is 3.76. The van der Waals surface area contributed by atoms with Crippen molar-refractivity contribution in [3.63, 3.8) is 0 Å². The number of hydrogen-bond donors (Lipinski definition) is 1. The lowest BCUT2D eigenvalue weighted by atomic mass is 10.1. The summed E-state index contributed by atoms with van der Waals surface area (Å²) >= 11 is 0. The maximum atomic E-state index is 12.4. The zero-order chi connectivity index (χ0) is 27.6. The van der Waals surface area contributed by atoms with E-state index in [4.69, 9.17) is 9.97 Å². The molecule has 1 amide bonds. The van der Waals surface area contributed by atoms with Crippen LogP contribution >= 0.6 is 12.4 Å². The third-order valence-corrected chi connectivity index (χ3v) is 7.76. The molecule has 0 aromatic carbocycles. The number of nitrogens with zero attached hydrogens (tertiary/aromatic N) is 9. The zero-order valence-electron chi connectivity index (χ0n) is 23.4. The Bertz CT molecular complexity index is 1540. The first-order valence-electron chi connectivity index (χ1n) is 14.0. The first-order chi connectivity index (χ1) is 19.5. The number of fused-ring (bicyclic) bond motifs is 1. The van der Waals surface area contributed by atoms with Crippen LogP contribution in [0.25, 0.3) is 28.0 Å². The van der Waals surface area contributed by atoms with Crippen LogP contribution in [0.4, 0.5) is 5.82 Å². The van der Waals surface area contributed by atoms with E-state index in [0.717, 1.165) is 61.7 Å². The number of carbonyl (C=O) groups is 1. The topological polar surface area (TPSA) is 120 Å². The van der Waals surface area contributed by atoms with Gasteiger partial charge in [0.1, 0.15) is 23.0 Å². The molecule has 1 N–H and O–H groups in total. The zero-order valence-corrected chi connectivity index (χ0v) is 24.2. The Balaban J connectivity index is 0.00000337. The number of halogens is 1. The van der Waals surface area contributed by atoms with Crippen molar-refractivity contribution in [2.45, 2.75) is 39.2 Å². The van der Waals surface area contributed by atoms with Crippen molar-refractivity contribution in [1.29, 1.82) is 5.26 Å². The summed E-state index contributed by atoms with van der Waals surface area (Å²) in [6.07, 6.45) is 11.8. The summed E-state index contributed by atoms with van der Waals surface area (Å²) in [7, 11) is 0. The predicted molar refractivity (Wildman–Crippen MR) is 159 cm³/mol. The monoisotopic (exact) mass is 574 g/mol. The molecule has 0 saturated carbocycles. The molecular weight excluding hydrogens is 540 g/mol. The normalized spacial score (nSPS) is 16.1. The minimum absolute atomic E-state index is 0. The predicted octanol–water partition coefficient (Wildman–Crippen LogP) is 3.57. The highest BCUT2D eigenvalue weighted by atomic mass is 35.5. The highest BCUT2D eigenvalue weighted by Gasteiger charge is 2.23. The molecule has 12 heteroatoms. The van der Waals surface area contributed by atoms with Gasteiger partial charge in [0.05, 0.1) is 36.0 Å². The maximum Gasteiger partial charge on any atom is 0.222 e. The van der Waals surface area contributed by atoms with Crippen LogP contribution in [-0.2, 0) is 4.79 Å². The Morgan fingerprint density at radius 2 is 1.83 bits per heavy atom. The van der Waals surface area contributed by atoms with E-state index in [-0.39, 0.29) is 18.3 Å². The lowest BCUT2D eigenvalue weighted by Crippen LogP contribution is -2.49. The van der Waals surface area contributed by atoms with Gasteiger partial charge in [0.2, 0.25) is 5.91 Å². The van der Waals surface area contributed by atoms with Gasteiger partial charge < -0.3 is 15.1 Å². The van der Waals surface area contributed by atoms with E-state index >= 15 is 0 Å². The Kier molecular flexibility index (Phi) is 8.52. The van der Waals surface area contributed by atoms with Gasteiger partial charge in [-0.2, -0.15) is 15.5 Å². The van der Waals surface area contributed by atoms with Gasteiger partial charge in [-0.05, 0) is 44.0 Å². The number of hydrogen-bond acceptors (Lipinski definition) is 8. The molecule has 2 aliphatic rings. The molecule has 2 fully saturated rings. The fourth-order valence-corrected chi connectivity index (χ4v) is 5.55. The first kappa shape index (κ1) is 28.5. The minimum Gasteiger partial charge on any atom is -0.353 e. The fourth-order valence-electron chi connectivity index (χ4n) is 5.55. The number of amides is 1. The van der Waals surface area contributed by atoms with E-state index in [1.165, 1.54) is 0 Å². The molecule has 11 nitrogen and oxygen atoms in total. The van der Waals surface area contributed by atoms with Crippen molar-refractivity contribution in [1.82, 2.24) is 39.6 Å². The molecule has 0 unspecified atom stereocenters. The summed E-state index contributed by atoms with van der Waals surface area (Å²) in [4.78, 5) is 26.4. The molecule has 2 aliphatic heterocycles. The second-order valence-corrected chi connectivity index (χ2v) is 11.0. The molecule has 0 spiro atoms. The van der Waals surface area contributed by atoms with E-state index < -0.39 is 0 Å².